The first-order valence-electron chi connectivity index (χ1n) is 22.6. The maximum absolute atomic E-state index is 13.5. The van der Waals surface area contributed by atoms with Crippen molar-refractivity contribution in [3.8, 4) is 22.6 Å². The van der Waals surface area contributed by atoms with Crippen LogP contribution in [0, 0.1) is 11.8 Å². The first-order chi connectivity index (χ1) is 33.8. The first kappa shape index (κ1) is 51.4. The third kappa shape index (κ3) is 11.6. The molecule has 0 aliphatic heterocycles. The van der Waals surface area contributed by atoms with Gasteiger partial charge in [-0.1, -0.05) is 124 Å². The molecule has 0 aromatic heterocycles. The first-order valence-corrected chi connectivity index (χ1v) is 22.6. The Balaban J connectivity index is 1.28. The number of carboxylic acid groups (broad SMARTS) is 2. The van der Waals surface area contributed by atoms with Gasteiger partial charge in [-0.3, -0.25) is 9.59 Å². The number of carboxylic acids is 2. The molecule has 0 bridgehead atoms. The summed E-state index contributed by atoms with van der Waals surface area (Å²) >= 11 is 0. The molecule has 5 unspecified atom stereocenters. The highest BCUT2D eigenvalue weighted by molar-refractivity contribution is 6.02. The maximum atomic E-state index is 13.5. The van der Waals surface area contributed by atoms with E-state index in [1.54, 1.807) is 43.3 Å². The largest absolute Gasteiger partial charge is 0.490 e. The molecule has 0 fully saturated rings. The van der Waals surface area contributed by atoms with Crippen LogP contribution < -0.4 is 9.47 Å². The summed E-state index contributed by atoms with van der Waals surface area (Å²) in [5, 5.41) is 30.3. The number of fused-ring (bicyclic) bond motifs is 3. The van der Waals surface area contributed by atoms with Crippen molar-refractivity contribution in [2.75, 3.05) is 26.4 Å². The smallest absolute Gasteiger partial charge is 0.338 e. The number of hydrogen-bond donors (Lipinski definition) is 3. The van der Waals surface area contributed by atoms with Crippen LogP contribution in [0.2, 0.25) is 0 Å². The van der Waals surface area contributed by atoms with Gasteiger partial charge in [-0.15, -0.1) is 0 Å². The summed E-state index contributed by atoms with van der Waals surface area (Å²) in [5.41, 5.74) is 3.85. The van der Waals surface area contributed by atoms with Gasteiger partial charge in [0.2, 0.25) is 0 Å². The minimum absolute atomic E-state index is 0.0654. The lowest BCUT2D eigenvalue weighted by atomic mass is 9.68. The van der Waals surface area contributed by atoms with Crippen molar-refractivity contribution in [1.82, 2.24) is 0 Å². The number of carbonyl (C=O) groups excluding carboxylic acids is 4. The van der Waals surface area contributed by atoms with Crippen molar-refractivity contribution in [3.05, 3.63) is 181 Å². The second-order valence-electron chi connectivity index (χ2n) is 16.4. The molecule has 70 heavy (non-hydrogen) atoms. The molecule has 6 rings (SSSR count). The molecule has 0 saturated carbocycles. The Morgan fingerprint density at radius 1 is 0.643 bits per heavy atom. The highest BCUT2D eigenvalue weighted by Crippen LogP contribution is 2.56. The number of esters is 4. The van der Waals surface area contributed by atoms with Crippen molar-refractivity contribution in [2.45, 2.75) is 56.3 Å². The number of hydrogen-bond acceptors (Lipinski definition) is 13. The average Bonchev–Trinajstić information content (AvgIpc) is 3.67. The molecule has 0 heterocycles. The lowest BCUT2D eigenvalue weighted by Crippen LogP contribution is -2.37. The molecule has 0 saturated heterocycles. The van der Waals surface area contributed by atoms with E-state index in [4.69, 9.17) is 28.4 Å². The summed E-state index contributed by atoms with van der Waals surface area (Å²) in [6.07, 6.45) is 3.37. The third-order valence-corrected chi connectivity index (χ3v) is 12.0. The van der Waals surface area contributed by atoms with Gasteiger partial charge in [0.15, 0.2) is 12.2 Å². The van der Waals surface area contributed by atoms with E-state index in [9.17, 15) is 44.1 Å². The molecule has 0 radical (unpaired) electrons. The van der Waals surface area contributed by atoms with E-state index < -0.39 is 89.1 Å². The molecule has 5 atom stereocenters. The second-order valence-corrected chi connectivity index (χ2v) is 16.4. The lowest BCUT2D eigenvalue weighted by molar-refractivity contribution is -0.167. The van der Waals surface area contributed by atoms with Crippen molar-refractivity contribution in [2.24, 2.45) is 11.8 Å². The van der Waals surface area contributed by atoms with Crippen LogP contribution in [0.4, 0.5) is 0 Å². The number of aliphatic hydroxyl groups is 1. The van der Waals surface area contributed by atoms with Crippen LogP contribution in [-0.4, -0.2) is 95.9 Å². The molecule has 4 aromatic carbocycles. The molecule has 364 valence electrons. The minimum atomic E-state index is -1.49. The molecule has 2 aliphatic carbocycles. The Morgan fingerprint density at radius 3 is 1.56 bits per heavy atom. The molecule has 4 aromatic rings. The van der Waals surface area contributed by atoms with Crippen molar-refractivity contribution in [1.29, 1.82) is 0 Å². The van der Waals surface area contributed by atoms with E-state index >= 15 is 0 Å². The molecule has 0 amide bonds. The van der Waals surface area contributed by atoms with Crippen LogP contribution in [0.15, 0.2) is 158 Å². The highest BCUT2D eigenvalue weighted by Gasteiger charge is 2.46. The van der Waals surface area contributed by atoms with E-state index in [-0.39, 0.29) is 39.1 Å². The van der Waals surface area contributed by atoms with Gasteiger partial charge in [0.05, 0.1) is 34.5 Å². The number of rotatable bonds is 24. The monoisotopic (exact) mass is 954 g/mol. The Hall–Kier alpha value is -8.04. The SMILES string of the molecule is C=CC(=O)OCC(COc1ccc(C2(c3ccc(OCC(COC(=O)C=C)OC(=O)C4CC=CCC4C(=O)O)cc3)c3ccccc3-c3ccccc32)cc1)OC(=O)/C(=C(/C=C)C(=O)O)C(O)CCC. The summed E-state index contributed by atoms with van der Waals surface area (Å²) in [7, 11) is 0. The Bertz CT molecular complexity index is 2610. The Labute approximate surface area is 404 Å². The molecule has 15 nitrogen and oxygen atoms in total. The molecule has 0 spiro atoms. The van der Waals surface area contributed by atoms with Gasteiger partial charge in [-0.05, 0) is 76.9 Å². The zero-order chi connectivity index (χ0) is 50.4. The topological polar surface area (TPSA) is 218 Å². The van der Waals surface area contributed by atoms with E-state index in [1.165, 1.54) is 0 Å². The van der Waals surface area contributed by atoms with Gasteiger partial charge in [0.1, 0.15) is 37.9 Å². The van der Waals surface area contributed by atoms with Gasteiger partial charge in [0.25, 0.3) is 0 Å². The van der Waals surface area contributed by atoms with Crippen molar-refractivity contribution < 1.29 is 72.5 Å². The number of ether oxygens (including phenoxy) is 6. The average molecular weight is 955 g/mol. The summed E-state index contributed by atoms with van der Waals surface area (Å²) in [6.45, 7) is 10.7. The highest BCUT2D eigenvalue weighted by atomic mass is 16.6. The number of aliphatic carboxylic acids is 2. The number of benzene rings is 4. The summed E-state index contributed by atoms with van der Waals surface area (Å²) in [4.78, 5) is 74.8. The zero-order valence-electron chi connectivity index (χ0n) is 38.5. The molecule has 3 N–H and O–H groups in total. The van der Waals surface area contributed by atoms with Crippen LogP contribution in [0.3, 0.4) is 0 Å². The van der Waals surface area contributed by atoms with E-state index in [2.05, 4.69) is 44.0 Å². The predicted octanol–water partition coefficient (Wildman–Crippen LogP) is 7.48. The number of carbonyl (C=O) groups is 6. The molecule has 15 heteroatoms. The second kappa shape index (κ2) is 23.8. The Morgan fingerprint density at radius 2 is 1.11 bits per heavy atom. The third-order valence-electron chi connectivity index (χ3n) is 12.0. The van der Waals surface area contributed by atoms with Crippen LogP contribution in [0.5, 0.6) is 11.5 Å². The summed E-state index contributed by atoms with van der Waals surface area (Å²) in [6, 6.07) is 30.8. The van der Waals surface area contributed by atoms with Crippen LogP contribution in [0.25, 0.3) is 11.1 Å². The van der Waals surface area contributed by atoms with E-state index in [1.807, 2.05) is 48.5 Å². The fraction of sp³-hybridized carbons (Fsp3) is 0.273. The lowest BCUT2D eigenvalue weighted by Gasteiger charge is -2.34. The number of allylic oxidation sites excluding steroid dienone is 2. The minimum Gasteiger partial charge on any atom is -0.490 e. The zero-order valence-corrected chi connectivity index (χ0v) is 38.5. The normalized spacial score (nSPS) is 16.8. The quantitative estimate of drug-likeness (QED) is 0.0180. The number of aliphatic hydroxyl groups excluding tert-OH is 1. The van der Waals surface area contributed by atoms with Crippen molar-refractivity contribution in [3.63, 3.8) is 0 Å². The summed E-state index contributed by atoms with van der Waals surface area (Å²) < 4.78 is 34.0. The predicted molar refractivity (Wildman–Crippen MR) is 256 cm³/mol. The van der Waals surface area contributed by atoms with Crippen LogP contribution in [-0.2, 0) is 53.1 Å². The fourth-order valence-corrected chi connectivity index (χ4v) is 8.67. The standard InChI is InChI=1S/C55H54O15/c1-5-15-47(56)50(40(6-2)51(59)60)54(64)70-39(33-68-49(58)8-4)31-66-37-28-24-35(25-29-37)55(45-20-13-11-16-41(45)42-17-12-14-21-46(42)55)34-22-26-36(27-23-34)65-30-38(32-67-48(57)7-3)69-53(63)44-19-10-9-18-43(44)52(61)62/h6-14,16-17,20-29,38-39,43-44,47,56H,2-5,15,18-19,30-33H2,1H3,(H,59,60)(H,61,62)/b50-40-. The van der Waals surface area contributed by atoms with E-state index in [0.29, 0.717) is 17.9 Å². The maximum Gasteiger partial charge on any atom is 0.338 e. The van der Waals surface area contributed by atoms with E-state index in [0.717, 1.165) is 51.6 Å². The fourth-order valence-electron chi connectivity index (χ4n) is 8.67. The van der Waals surface area contributed by atoms with Gasteiger partial charge in [-0.2, -0.15) is 0 Å². The van der Waals surface area contributed by atoms with Gasteiger partial charge in [0, 0.05) is 12.2 Å². The molecular formula is C55H54O15. The summed E-state index contributed by atoms with van der Waals surface area (Å²) in [5.74, 6) is -7.15. The Kier molecular flexibility index (Phi) is 17.5. The molecular weight excluding hydrogens is 901 g/mol. The van der Waals surface area contributed by atoms with Crippen LogP contribution in [0.1, 0.15) is 54.9 Å². The van der Waals surface area contributed by atoms with Crippen molar-refractivity contribution >= 4 is 35.8 Å². The molecule has 2 aliphatic rings. The van der Waals surface area contributed by atoms with Crippen LogP contribution >= 0.6 is 0 Å². The van der Waals surface area contributed by atoms with Gasteiger partial charge >= 0.3 is 35.8 Å². The van der Waals surface area contributed by atoms with Gasteiger partial charge in [-0.25, -0.2) is 19.2 Å². The van der Waals surface area contributed by atoms with Gasteiger partial charge < -0.3 is 43.7 Å².